The molecule has 2 aromatic carbocycles. The SMILES string of the molecule is CN1CC(OC(=O)c2ccc(C(F)(F)F)cc2)N(c2nc3ccccc3s2)C1=O. The van der Waals surface area contributed by atoms with Crippen LogP contribution >= 0.6 is 11.3 Å². The number of amides is 2. The molecule has 150 valence electrons. The van der Waals surface area contributed by atoms with Gasteiger partial charge in [0.05, 0.1) is 27.9 Å². The molecule has 1 aromatic heterocycles. The second kappa shape index (κ2) is 7.03. The number of hydrogen-bond acceptors (Lipinski definition) is 5. The zero-order valence-electron chi connectivity index (χ0n) is 15.0. The van der Waals surface area contributed by atoms with E-state index >= 15 is 0 Å². The molecule has 0 bridgehead atoms. The maximum atomic E-state index is 12.7. The molecule has 2 amide bonds. The number of urea groups is 1. The Kier molecular flexibility index (Phi) is 4.65. The number of rotatable bonds is 3. The zero-order valence-corrected chi connectivity index (χ0v) is 15.8. The van der Waals surface area contributed by atoms with Crippen LogP contribution in [0.25, 0.3) is 10.2 Å². The fourth-order valence-electron chi connectivity index (χ4n) is 2.95. The third-order valence-electron chi connectivity index (χ3n) is 4.43. The number of alkyl halides is 3. The van der Waals surface area contributed by atoms with Crippen LogP contribution in [0.1, 0.15) is 15.9 Å². The Morgan fingerprint density at radius 1 is 1.17 bits per heavy atom. The van der Waals surface area contributed by atoms with Crippen molar-refractivity contribution in [3.63, 3.8) is 0 Å². The lowest BCUT2D eigenvalue weighted by Gasteiger charge is -2.20. The smallest absolute Gasteiger partial charge is 0.416 e. The van der Waals surface area contributed by atoms with Crippen LogP contribution < -0.4 is 4.90 Å². The van der Waals surface area contributed by atoms with E-state index in [1.54, 1.807) is 7.05 Å². The average Bonchev–Trinajstić information content (AvgIpc) is 3.21. The van der Waals surface area contributed by atoms with Crippen LogP contribution in [0.5, 0.6) is 0 Å². The number of benzene rings is 2. The molecule has 1 saturated heterocycles. The predicted octanol–water partition coefficient (Wildman–Crippen LogP) is 4.37. The Labute approximate surface area is 167 Å². The van der Waals surface area contributed by atoms with Crippen molar-refractivity contribution in [2.75, 3.05) is 18.5 Å². The molecule has 0 radical (unpaired) electrons. The summed E-state index contributed by atoms with van der Waals surface area (Å²) in [6, 6.07) is 10.7. The molecular formula is C19H14F3N3O3S. The summed E-state index contributed by atoms with van der Waals surface area (Å²) in [5.41, 5.74) is -0.187. The number of hydrogen-bond donors (Lipinski definition) is 0. The Morgan fingerprint density at radius 3 is 2.52 bits per heavy atom. The van der Waals surface area contributed by atoms with Gasteiger partial charge < -0.3 is 9.64 Å². The average molecular weight is 421 g/mol. The Bertz CT molecular complexity index is 1050. The molecule has 1 fully saturated rings. The van der Waals surface area contributed by atoms with Crippen LogP contribution in [-0.2, 0) is 10.9 Å². The normalized spacial score (nSPS) is 17.2. The third-order valence-corrected chi connectivity index (χ3v) is 5.47. The number of fused-ring (bicyclic) bond motifs is 1. The molecule has 4 rings (SSSR count). The monoisotopic (exact) mass is 421 g/mol. The highest BCUT2D eigenvalue weighted by molar-refractivity contribution is 7.22. The molecule has 0 N–H and O–H groups in total. The van der Waals surface area contributed by atoms with Gasteiger partial charge in [0.2, 0.25) is 6.23 Å². The lowest BCUT2D eigenvalue weighted by atomic mass is 10.1. The van der Waals surface area contributed by atoms with Crippen LogP contribution in [0.4, 0.5) is 23.1 Å². The highest BCUT2D eigenvalue weighted by atomic mass is 32.1. The maximum absolute atomic E-state index is 12.7. The number of anilines is 1. The molecule has 0 saturated carbocycles. The largest absolute Gasteiger partial charge is 0.435 e. The number of likely N-dealkylation sites (N-methyl/N-ethyl adjacent to an activating group) is 1. The van der Waals surface area contributed by atoms with Crippen LogP contribution in [0, 0.1) is 0 Å². The van der Waals surface area contributed by atoms with Crippen molar-refractivity contribution in [1.82, 2.24) is 9.88 Å². The van der Waals surface area contributed by atoms with Gasteiger partial charge in [-0.05, 0) is 36.4 Å². The summed E-state index contributed by atoms with van der Waals surface area (Å²) < 4.78 is 44.4. The molecule has 1 aliphatic heterocycles. The van der Waals surface area contributed by atoms with Crippen molar-refractivity contribution in [3.05, 3.63) is 59.7 Å². The van der Waals surface area contributed by atoms with E-state index in [0.717, 1.165) is 29.0 Å². The maximum Gasteiger partial charge on any atom is 0.416 e. The van der Waals surface area contributed by atoms with E-state index in [2.05, 4.69) is 4.98 Å². The molecule has 0 spiro atoms. The van der Waals surface area contributed by atoms with Gasteiger partial charge in [-0.15, -0.1) is 0 Å². The second-order valence-corrected chi connectivity index (χ2v) is 7.44. The molecule has 29 heavy (non-hydrogen) atoms. The minimum atomic E-state index is -4.49. The van der Waals surface area contributed by atoms with E-state index in [1.165, 1.54) is 21.1 Å². The first kappa shape index (κ1) is 19.2. The van der Waals surface area contributed by atoms with E-state index in [4.69, 9.17) is 4.74 Å². The number of thiazole rings is 1. The van der Waals surface area contributed by atoms with Crippen LogP contribution in [0.15, 0.2) is 48.5 Å². The van der Waals surface area contributed by atoms with Crippen molar-refractivity contribution in [1.29, 1.82) is 0 Å². The Balaban J connectivity index is 1.57. The summed E-state index contributed by atoms with van der Waals surface area (Å²) in [5, 5.41) is 0.380. The molecule has 2 heterocycles. The standard InChI is InChI=1S/C19H14F3N3O3S/c1-24-10-15(28-16(26)11-6-8-12(9-7-11)19(20,21)22)25(18(24)27)17-23-13-4-2-3-5-14(13)29-17/h2-9,15H,10H2,1H3. The number of nitrogens with zero attached hydrogens (tertiary/aromatic N) is 3. The van der Waals surface area contributed by atoms with E-state index in [9.17, 15) is 22.8 Å². The van der Waals surface area contributed by atoms with Crippen molar-refractivity contribution in [2.24, 2.45) is 0 Å². The number of halogens is 3. The van der Waals surface area contributed by atoms with Gasteiger partial charge in [0.1, 0.15) is 0 Å². The molecule has 1 unspecified atom stereocenters. The van der Waals surface area contributed by atoms with Crippen LogP contribution in [0.3, 0.4) is 0 Å². The van der Waals surface area contributed by atoms with Gasteiger partial charge in [-0.1, -0.05) is 23.5 Å². The number of para-hydroxylation sites is 1. The molecule has 0 aliphatic carbocycles. The summed E-state index contributed by atoms with van der Waals surface area (Å²) in [6.07, 6.45) is -5.44. The molecule has 1 atom stereocenters. The quantitative estimate of drug-likeness (QED) is 0.590. The fourth-order valence-corrected chi connectivity index (χ4v) is 3.95. The number of carbonyl (C=O) groups is 2. The van der Waals surface area contributed by atoms with Gasteiger partial charge in [-0.2, -0.15) is 13.2 Å². The highest BCUT2D eigenvalue weighted by Gasteiger charge is 2.41. The minimum absolute atomic E-state index is 0.0377. The van der Waals surface area contributed by atoms with Gasteiger partial charge in [-0.25, -0.2) is 19.5 Å². The topological polar surface area (TPSA) is 62.7 Å². The Hall–Kier alpha value is -3.14. The van der Waals surface area contributed by atoms with Crippen molar-refractivity contribution < 1.29 is 27.5 Å². The van der Waals surface area contributed by atoms with Gasteiger partial charge in [-0.3, -0.25) is 0 Å². The lowest BCUT2D eigenvalue weighted by molar-refractivity contribution is -0.137. The van der Waals surface area contributed by atoms with E-state index < -0.39 is 23.9 Å². The third kappa shape index (κ3) is 3.63. The molecule has 10 heteroatoms. The fraction of sp³-hybridized carbons (Fsp3) is 0.211. The number of ether oxygens (including phenoxy) is 1. The molecular weight excluding hydrogens is 407 g/mol. The predicted molar refractivity (Wildman–Crippen MR) is 101 cm³/mol. The summed E-state index contributed by atoms with van der Waals surface area (Å²) in [4.78, 5) is 32.1. The molecule has 3 aromatic rings. The first-order valence-corrected chi connectivity index (χ1v) is 9.34. The van der Waals surface area contributed by atoms with Gasteiger partial charge in [0.15, 0.2) is 5.13 Å². The van der Waals surface area contributed by atoms with Crippen LogP contribution in [0.2, 0.25) is 0 Å². The number of carbonyl (C=O) groups excluding carboxylic acids is 2. The first-order valence-electron chi connectivity index (χ1n) is 8.52. The van der Waals surface area contributed by atoms with E-state index in [1.807, 2.05) is 24.3 Å². The van der Waals surface area contributed by atoms with Crippen molar-refractivity contribution >= 4 is 38.7 Å². The van der Waals surface area contributed by atoms with E-state index in [-0.39, 0.29) is 18.1 Å². The summed E-state index contributed by atoms with van der Waals surface area (Å²) in [6.45, 7) is 0.112. The lowest BCUT2D eigenvalue weighted by Crippen LogP contribution is -2.37. The molecule has 1 aliphatic rings. The highest BCUT2D eigenvalue weighted by Crippen LogP contribution is 2.33. The zero-order chi connectivity index (χ0) is 20.8. The first-order chi connectivity index (χ1) is 13.7. The molecule has 6 nitrogen and oxygen atoms in total. The van der Waals surface area contributed by atoms with Gasteiger partial charge in [0, 0.05) is 7.05 Å². The van der Waals surface area contributed by atoms with Gasteiger partial charge in [0.25, 0.3) is 0 Å². The Morgan fingerprint density at radius 2 is 1.86 bits per heavy atom. The number of esters is 1. The van der Waals surface area contributed by atoms with Crippen molar-refractivity contribution in [3.8, 4) is 0 Å². The van der Waals surface area contributed by atoms with Crippen molar-refractivity contribution in [2.45, 2.75) is 12.4 Å². The summed E-state index contributed by atoms with van der Waals surface area (Å²) >= 11 is 1.28. The second-order valence-electron chi connectivity index (χ2n) is 6.43. The summed E-state index contributed by atoms with van der Waals surface area (Å²) in [7, 11) is 1.56. The van der Waals surface area contributed by atoms with Crippen LogP contribution in [-0.4, -0.2) is 41.7 Å². The van der Waals surface area contributed by atoms with Gasteiger partial charge >= 0.3 is 18.2 Å². The van der Waals surface area contributed by atoms with E-state index in [0.29, 0.717) is 10.6 Å². The summed E-state index contributed by atoms with van der Waals surface area (Å²) in [5.74, 6) is -0.821. The minimum Gasteiger partial charge on any atom is -0.435 e. The number of aromatic nitrogens is 1.